The molecular formula is C13H24O2. The van der Waals surface area contributed by atoms with Crippen LogP contribution < -0.4 is 0 Å². The minimum absolute atomic E-state index is 0.117. The lowest BCUT2D eigenvalue weighted by Gasteiger charge is -2.23. The van der Waals surface area contributed by atoms with Crippen molar-refractivity contribution in [1.82, 2.24) is 0 Å². The van der Waals surface area contributed by atoms with Crippen molar-refractivity contribution in [1.29, 1.82) is 0 Å². The van der Waals surface area contributed by atoms with E-state index < -0.39 is 6.10 Å². The number of rotatable bonds is 4. The molecular weight excluding hydrogens is 188 g/mol. The molecule has 0 heterocycles. The topological polar surface area (TPSA) is 40.5 Å². The smallest absolute Gasteiger partial charge is 0.0933 e. The number of aliphatic hydroxyl groups is 2. The first-order chi connectivity index (χ1) is 7.09. The molecule has 88 valence electrons. The van der Waals surface area contributed by atoms with Crippen LogP contribution in [0.25, 0.3) is 0 Å². The largest absolute Gasteiger partial charge is 0.512 e. The van der Waals surface area contributed by atoms with Crippen LogP contribution in [0.15, 0.2) is 11.8 Å². The van der Waals surface area contributed by atoms with Crippen molar-refractivity contribution in [2.45, 2.75) is 58.5 Å². The maximum atomic E-state index is 9.78. The summed E-state index contributed by atoms with van der Waals surface area (Å²) >= 11 is 0. The first kappa shape index (κ1) is 12.6. The Morgan fingerprint density at radius 1 is 1.27 bits per heavy atom. The summed E-state index contributed by atoms with van der Waals surface area (Å²) in [6, 6.07) is 0. The van der Waals surface area contributed by atoms with Gasteiger partial charge in [0, 0.05) is 5.92 Å². The number of aliphatic hydroxyl groups excluding tert-OH is 2. The molecule has 1 rings (SSSR count). The average Bonchev–Trinajstić information content (AvgIpc) is 2.18. The lowest BCUT2D eigenvalue weighted by molar-refractivity contribution is 0.164. The Balaban J connectivity index is 2.34. The minimum atomic E-state index is -0.463. The maximum Gasteiger partial charge on any atom is 0.0933 e. The molecule has 0 amide bonds. The van der Waals surface area contributed by atoms with Crippen LogP contribution in [-0.2, 0) is 0 Å². The normalized spacial score (nSPS) is 22.0. The van der Waals surface area contributed by atoms with Gasteiger partial charge in [0.05, 0.1) is 11.9 Å². The second-order valence-electron chi connectivity index (χ2n) is 5.05. The van der Waals surface area contributed by atoms with Crippen molar-refractivity contribution in [2.24, 2.45) is 11.8 Å². The van der Waals surface area contributed by atoms with Gasteiger partial charge in [-0.05, 0) is 18.4 Å². The third-order valence-electron chi connectivity index (χ3n) is 3.25. The van der Waals surface area contributed by atoms with Gasteiger partial charge in [-0.15, -0.1) is 0 Å². The van der Waals surface area contributed by atoms with Crippen molar-refractivity contribution >= 4 is 0 Å². The zero-order valence-electron chi connectivity index (χ0n) is 9.95. The lowest BCUT2D eigenvalue weighted by atomic mass is 9.85. The molecule has 0 bridgehead atoms. The molecule has 2 N–H and O–H groups in total. The van der Waals surface area contributed by atoms with Crippen LogP contribution in [0.5, 0.6) is 0 Å². The predicted molar refractivity (Wildman–Crippen MR) is 62.7 cm³/mol. The van der Waals surface area contributed by atoms with Gasteiger partial charge in [0.1, 0.15) is 0 Å². The quantitative estimate of drug-likeness (QED) is 0.701. The van der Waals surface area contributed by atoms with Crippen molar-refractivity contribution < 1.29 is 10.2 Å². The van der Waals surface area contributed by atoms with Gasteiger partial charge in [-0.2, -0.15) is 0 Å². The van der Waals surface area contributed by atoms with E-state index in [1.807, 2.05) is 13.8 Å². The molecule has 0 aromatic carbocycles. The Hall–Kier alpha value is -0.500. The van der Waals surface area contributed by atoms with Gasteiger partial charge in [-0.3, -0.25) is 0 Å². The molecule has 0 saturated heterocycles. The summed E-state index contributed by atoms with van der Waals surface area (Å²) in [5.74, 6) is 1.09. The van der Waals surface area contributed by atoms with E-state index in [0.29, 0.717) is 11.7 Å². The molecule has 1 aliphatic carbocycles. The molecule has 0 aromatic rings. The molecule has 1 atom stereocenters. The summed E-state index contributed by atoms with van der Waals surface area (Å²) in [5, 5.41) is 19.3. The van der Waals surface area contributed by atoms with Crippen LogP contribution >= 0.6 is 0 Å². The fourth-order valence-electron chi connectivity index (χ4n) is 2.22. The highest BCUT2D eigenvalue weighted by Crippen LogP contribution is 2.27. The summed E-state index contributed by atoms with van der Waals surface area (Å²) in [7, 11) is 0. The second-order valence-corrected chi connectivity index (χ2v) is 5.05. The summed E-state index contributed by atoms with van der Waals surface area (Å²) in [6.07, 6.45) is 8.40. The van der Waals surface area contributed by atoms with E-state index in [-0.39, 0.29) is 5.92 Å². The predicted octanol–water partition coefficient (Wildman–Crippen LogP) is 3.42. The monoisotopic (exact) mass is 212 g/mol. The standard InChI is InChI=1S/C13H24O2/c1-10(2)13(15)9-12(14)8-11-6-4-3-5-7-11/h9-12,14-15H,3-8H2,1-2H3. The van der Waals surface area contributed by atoms with E-state index in [0.717, 1.165) is 6.42 Å². The second kappa shape index (κ2) is 6.16. The third-order valence-corrected chi connectivity index (χ3v) is 3.25. The van der Waals surface area contributed by atoms with E-state index in [1.165, 1.54) is 32.1 Å². The van der Waals surface area contributed by atoms with Crippen molar-refractivity contribution in [3.8, 4) is 0 Å². The lowest BCUT2D eigenvalue weighted by Crippen LogP contribution is -2.15. The third kappa shape index (κ3) is 4.70. The molecule has 2 nitrogen and oxygen atoms in total. The van der Waals surface area contributed by atoms with Crippen LogP contribution in [0.4, 0.5) is 0 Å². The van der Waals surface area contributed by atoms with Crippen LogP contribution in [0.1, 0.15) is 52.4 Å². The van der Waals surface area contributed by atoms with Crippen LogP contribution in [0.2, 0.25) is 0 Å². The van der Waals surface area contributed by atoms with Gasteiger partial charge in [-0.1, -0.05) is 46.0 Å². The minimum Gasteiger partial charge on any atom is -0.512 e. The van der Waals surface area contributed by atoms with Crippen LogP contribution in [0.3, 0.4) is 0 Å². The summed E-state index contributed by atoms with van der Waals surface area (Å²) < 4.78 is 0. The van der Waals surface area contributed by atoms with Crippen molar-refractivity contribution in [3.05, 3.63) is 11.8 Å². The number of hydrogen-bond donors (Lipinski definition) is 2. The molecule has 1 aliphatic rings. The van der Waals surface area contributed by atoms with Gasteiger partial charge in [0.2, 0.25) is 0 Å². The van der Waals surface area contributed by atoms with E-state index in [4.69, 9.17) is 0 Å². The van der Waals surface area contributed by atoms with E-state index >= 15 is 0 Å². The molecule has 1 saturated carbocycles. The SMILES string of the molecule is CC(C)C(O)=CC(O)CC1CCCCC1. The fraction of sp³-hybridized carbons (Fsp3) is 0.846. The zero-order chi connectivity index (χ0) is 11.3. The molecule has 1 unspecified atom stereocenters. The molecule has 15 heavy (non-hydrogen) atoms. The van der Waals surface area contributed by atoms with Gasteiger partial charge in [-0.25, -0.2) is 0 Å². The summed E-state index contributed by atoms with van der Waals surface area (Å²) in [5.41, 5.74) is 0. The molecule has 0 radical (unpaired) electrons. The van der Waals surface area contributed by atoms with Crippen LogP contribution in [0, 0.1) is 11.8 Å². The number of allylic oxidation sites excluding steroid dienone is 1. The first-order valence-corrected chi connectivity index (χ1v) is 6.18. The van der Waals surface area contributed by atoms with Crippen molar-refractivity contribution in [3.63, 3.8) is 0 Å². The summed E-state index contributed by atoms with van der Waals surface area (Å²) in [4.78, 5) is 0. The Bertz CT molecular complexity index is 203. The Morgan fingerprint density at radius 3 is 2.40 bits per heavy atom. The average molecular weight is 212 g/mol. The molecule has 0 aromatic heterocycles. The molecule has 2 heteroatoms. The Morgan fingerprint density at radius 2 is 1.87 bits per heavy atom. The molecule has 1 fully saturated rings. The van der Waals surface area contributed by atoms with E-state index in [9.17, 15) is 10.2 Å². The highest BCUT2D eigenvalue weighted by atomic mass is 16.3. The van der Waals surface area contributed by atoms with E-state index in [2.05, 4.69) is 0 Å². The maximum absolute atomic E-state index is 9.78. The van der Waals surface area contributed by atoms with Crippen LogP contribution in [-0.4, -0.2) is 16.3 Å². The molecule has 0 aliphatic heterocycles. The zero-order valence-corrected chi connectivity index (χ0v) is 9.95. The summed E-state index contributed by atoms with van der Waals surface area (Å²) in [6.45, 7) is 3.86. The molecule has 0 spiro atoms. The van der Waals surface area contributed by atoms with Gasteiger partial charge >= 0.3 is 0 Å². The number of hydrogen-bond acceptors (Lipinski definition) is 2. The highest BCUT2D eigenvalue weighted by Gasteiger charge is 2.17. The first-order valence-electron chi connectivity index (χ1n) is 6.18. The Labute approximate surface area is 93.0 Å². The fourth-order valence-corrected chi connectivity index (χ4v) is 2.22. The van der Waals surface area contributed by atoms with Crippen molar-refractivity contribution in [2.75, 3.05) is 0 Å². The van der Waals surface area contributed by atoms with Gasteiger partial charge < -0.3 is 10.2 Å². The van der Waals surface area contributed by atoms with Gasteiger partial charge in [0.15, 0.2) is 0 Å². The highest BCUT2D eigenvalue weighted by molar-refractivity contribution is 4.98. The Kier molecular flexibility index (Phi) is 5.16. The van der Waals surface area contributed by atoms with Gasteiger partial charge in [0.25, 0.3) is 0 Å². The van der Waals surface area contributed by atoms with E-state index in [1.54, 1.807) is 6.08 Å².